The van der Waals surface area contributed by atoms with E-state index in [1.165, 1.54) is 18.6 Å². The Kier molecular flexibility index (Phi) is 6.22. The summed E-state index contributed by atoms with van der Waals surface area (Å²) in [6, 6.07) is 15.5. The molecule has 172 valence electrons. The van der Waals surface area contributed by atoms with Gasteiger partial charge < -0.3 is 10.0 Å². The van der Waals surface area contributed by atoms with Crippen molar-refractivity contribution in [3.8, 4) is 11.3 Å². The number of rotatable bonds is 4. The zero-order valence-corrected chi connectivity index (χ0v) is 18.6. The predicted octanol–water partition coefficient (Wildman–Crippen LogP) is 4.54. The van der Waals surface area contributed by atoms with Crippen LogP contribution in [-0.2, 0) is 4.79 Å². The number of amides is 1. The normalized spacial score (nSPS) is 24.1. The Morgan fingerprint density at radius 1 is 1.00 bits per heavy atom. The molecule has 2 aromatic carbocycles. The van der Waals surface area contributed by atoms with Gasteiger partial charge in [-0.25, -0.2) is 9.07 Å². The second kappa shape index (κ2) is 9.43. The maximum atomic E-state index is 13.6. The molecule has 3 aromatic rings. The van der Waals surface area contributed by atoms with Crippen molar-refractivity contribution in [1.82, 2.24) is 19.9 Å². The molecule has 3 unspecified atom stereocenters. The smallest absolute Gasteiger partial charge is 0.226 e. The van der Waals surface area contributed by atoms with Gasteiger partial charge in [0.1, 0.15) is 11.5 Å². The molecule has 2 heterocycles. The molecule has 2 fully saturated rings. The lowest BCUT2D eigenvalue weighted by Gasteiger charge is -2.44. The quantitative estimate of drug-likeness (QED) is 0.636. The van der Waals surface area contributed by atoms with Gasteiger partial charge in [-0.3, -0.25) is 4.79 Å². The first-order valence-corrected chi connectivity index (χ1v) is 11.8. The molecular formula is C26H29FN4O2. The number of hydrogen-bond acceptors (Lipinski definition) is 4. The van der Waals surface area contributed by atoms with Crippen molar-refractivity contribution in [3.63, 3.8) is 0 Å². The summed E-state index contributed by atoms with van der Waals surface area (Å²) >= 11 is 0. The van der Waals surface area contributed by atoms with Crippen LogP contribution in [-0.4, -0.2) is 43.6 Å². The first-order chi connectivity index (χ1) is 16.1. The monoisotopic (exact) mass is 448 g/mol. The number of aliphatic hydroxyl groups excluding tert-OH is 1. The summed E-state index contributed by atoms with van der Waals surface area (Å²) in [5, 5.41) is 19.6. The molecule has 0 spiro atoms. The van der Waals surface area contributed by atoms with E-state index in [0.29, 0.717) is 18.7 Å². The van der Waals surface area contributed by atoms with Gasteiger partial charge in [0.15, 0.2) is 0 Å². The zero-order valence-electron chi connectivity index (χ0n) is 18.6. The lowest BCUT2D eigenvalue weighted by molar-refractivity contribution is -0.144. The number of hydrogen-bond donors (Lipinski definition) is 1. The van der Waals surface area contributed by atoms with Gasteiger partial charge in [0, 0.05) is 24.4 Å². The highest BCUT2D eigenvalue weighted by molar-refractivity contribution is 5.79. The van der Waals surface area contributed by atoms with E-state index in [9.17, 15) is 14.3 Å². The second-order valence-corrected chi connectivity index (χ2v) is 9.21. The van der Waals surface area contributed by atoms with E-state index in [4.69, 9.17) is 0 Å². The molecular weight excluding hydrogens is 419 g/mol. The van der Waals surface area contributed by atoms with Crippen LogP contribution in [0.1, 0.15) is 56.2 Å². The molecule has 3 atom stereocenters. The van der Waals surface area contributed by atoms with Gasteiger partial charge in [0.2, 0.25) is 5.91 Å². The molecule has 6 nitrogen and oxygen atoms in total. The fourth-order valence-electron chi connectivity index (χ4n) is 5.23. The zero-order chi connectivity index (χ0) is 22.8. The summed E-state index contributed by atoms with van der Waals surface area (Å²) < 4.78 is 14.9. The highest BCUT2D eigenvalue weighted by atomic mass is 19.1. The largest absolute Gasteiger partial charge is 0.391 e. The van der Waals surface area contributed by atoms with Crippen molar-refractivity contribution in [3.05, 3.63) is 72.2 Å². The number of aromatic nitrogens is 3. The van der Waals surface area contributed by atoms with Gasteiger partial charge >= 0.3 is 0 Å². The third-order valence-electron chi connectivity index (χ3n) is 7.08. The number of aliphatic hydroxyl groups is 1. The van der Waals surface area contributed by atoms with Gasteiger partial charge in [0.25, 0.3) is 0 Å². The summed E-state index contributed by atoms with van der Waals surface area (Å²) in [5.74, 6) is -0.0802. The minimum atomic E-state index is -0.673. The summed E-state index contributed by atoms with van der Waals surface area (Å²) in [4.78, 5) is 15.6. The van der Waals surface area contributed by atoms with E-state index in [0.717, 1.165) is 36.8 Å². The minimum absolute atomic E-state index is 0.0476. The molecule has 1 aliphatic heterocycles. The number of carbonyl (C=O) groups is 1. The third kappa shape index (κ3) is 4.55. The van der Waals surface area contributed by atoms with Gasteiger partial charge in [-0.05, 0) is 42.7 Å². The summed E-state index contributed by atoms with van der Waals surface area (Å²) in [6.07, 6.45) is 6.79. The lowest BCUT2D eigenvalue weighted by atomic mass is 9.85. The number of likely N-dealkylation sites (tertiary alicyclic amines) is 1. The molecule has 1 amide bonds. The average molecular weight is 449 g/mol. The predicted molar refractivity (Wildman–Crippen MR) is 123 cm³/mol. The minimum Gasteiger partial charge on any atom is -0.391 e. The van der Waals surface area contributed by atoms with E-state index in [1.807, 2.05) is 35.2 Å². The van der Waals surface area contributed by atoms with E-state index in [2.05, 4.69) is 10.3 Å². The van der Waals surface area contributed by atoms with Crippen LogP contribution >= 0.6 is 0 Å². The molecule has 2 aliphatic rings. The van der Waals surface area contributed by atoms with Gasteiger partial charge in [-0.2, -0.15) is 0 Å². The second-order valence-electron chi connectivity index (χ2n) is 9.21. The lowest BCUT2D eigenvalue weighted by Crippen LogP contribution is -2.50. The first-order valence-electron chi connectivity index (χ1n) is 11.8. The van der Waals surface area contributed by atoms with Crippen LogP contribution in [0.2, 0.25) is 0 Å². The first kappa shape index (κ1) is 21.8. The maximum absolute atomic E-state index is 13.6. The molecule has 1 N–H and O–H groups in total. The van der Waals surface area contributed by atoms with Gasteiger partial charge in [-0.1, -0.05) is 54.8 Å². The Morgan fingerprint density at radius 2 is 1.73 bits per heavy atom. The van der Waals surface area contributed by atoms with Crippen LogP contribution in [0.15, 0.2) is 60.8 Å². The SMILES string of the molecule is O=C(C1CCCCC1)N1CC(n2cc(-c3ccc(F)cc3)nn2)C(O)CC1c1ccccc1. The van der Waals surface area contributed by atoms with Gasteiger partial charge in [0.05, 0.1) is 24.4 Å². The van der Waals surface area contributed by atoms with Crippen LogP contribution in [0.3, 0.4) is 0 Å². The van der Waals surface area contributed by atoms with Crippen molar-refractivity contribution >= 4 is 5.91 Å². The number of carbonyl (C=O) groups excluding carboxylic acids is 1. The number of halogens is 1. The highest BCUT2D eigenvalue weighted by Crippen LogP contribution is 2.38. The third-order valence-corrected chi connectivity index (χ3v) is 7.08. The highest BCUT2D eigenvalue weighted by Gasteiger charge is 2.41. The van der Waals surface area contributed by atoms with Crippen molar-refractivity contribution in [2.45, 2.75) is 56.7 Å². The van der Waals surface area contributed by atoms with Crippen molar-refractivity contribution in [2.75, 3.05) is 6.54 Å². The van der Waals surface area contributed by atoms with Gasteiger partial charge in [-0.15, -0.1) is 5.10 Å². The fraction of sp³-hybridized carbons (Fsp3) is 0.423. The Morgan fingerprint density at radius 3 is 2.45 bits per heavy atom. The number of nitrogens with zero attached hydrogens (tertiary/aromatic N) is 4. The average Bonchev–Trinajstić information content (AvgIpc) is 3.35. The molecule has 1 saturated heterocycles. The molecule has 0 radical (unpaired) electrons. The Balaban J connectivity index is 1.43. The molecule has 7 heteroatoms. The van der Waals surface area contributed by atoms with Crippen LogP contribution in [0.5, 0.6) is 0 Å². The molecule has 1 aromatic heterocycles. The number of benzene rings is 2. The van der Waals surface area contributed by atoms with E-state index < -0.39 is 6.10 Å². The van der Waals surface area contributed by atoms with E-state index in [-0.39, 0.29) is 29.7 Å². The molecule has 5 rings (SSSR count). The van der Waals surface area contributed by atoms with Crippen molar-refractivity contribution < 1.29 is 14.3 Å². The molecule has 0 bridgehead atoms. The number of piperidine rings is 1. The maximum Gasteiger partial charge on any atom is 0.226 e. The molecule has 1 aliphatic carbocycles. The van der Waals surface area contributed by atoms with E-state index >= 15 is 0 Å². The van der Waals surface area contributed by atoms with Crippen LogP contribution < -0.4 is 0 Å². The summed E-state index contributed by atoms with van der Waals surface area (Å²) in [7, 11) is 0. The standard InChI is InChI=1S/C26H29FN4O2/c27-21-13-11-18(12-14-21)22-16-31(29-28-22)24-17-30(26(33)20-9-5-2-6-10-20)23(15-25(24)32)19-7-3-1-4-8-19/h1,3-4,7-8,11-14,16,20,23-25,32H,2,5-6,9-10,15,17H2. The van der Waals surface area contributed by atoms with Crippen molar-refractivity contribution in [1.29, 1.82) is 0 Å². The van der Waals surface area contributed by atoms with Crippen molar-refractivity contribution in [2.24, 2.45) is 5.92 Å². The van der Waals surface area contributed by atoms with Crippen LogP contribution in [0, 0.1) is 11.7 Å². The topological polar surface area (TPSA) is 71.2 Å². The molecule has 1 saturated carbocycles. The molecule has 33 heavy (non-hydrogen) atoms. The van der Waals surface area contributed by atoms with Crippen LogP contribution in [0.25, 0.3) is 11.3 Å². The summed E-state index contributed by atoms with van der Waals surface area (Å²) in [5.41, 5.74) is 2.41. The Labute approximate surface area is 193 Å². The Bertz CT molecular complexity index is 1080. The van der Waals surface area contributed by atoms with Crippen LogP contribution in [0.4, 0.5) is 4.39 Å². The fourth-order valence-corrected chi connectivity index (χ4v) is 5.23. The summed E-state index contributed by atoms with van der Waals surface area (Å²) in [6.45, 7) is 0.377. The van der Waals surface area contributed by atoms with E-state index in [1.54, 1.807) is 23.0 Å². The Hall–Kier alpha value is -3.06.